The Balaban J connectivity index is 5.55. The summed E-state index contributed by atoms with van der Waals surface area (Å²) in [5.74, 6) is 0. The Morgan fingerprint density at radius 2 is 1.47 bits per heavy atom. The van der Waals surface area contributed by atoms with Gasteiger partial charge >= 0.3 is 23.9 Å². The summed E-state index contributed by atoms with van der Waals surface area (Å²) in [4.78, 5) is 0. The van der Waals surface area contributed by atoms with Crippen LogP contribution in [0.5, 0.6) is 0 Å². The van der Waals surface area contributed by atoms with Crippen molar-refractivity contribution >= 4 is 26.2 Å². The molecule has 116 valence electrons. The first kappa shape index (κ1) is 18.8. The summed E-state index contributed by atoms with van der Waals surface area (Å²) in [6.45, 7) is 0. The van der Waals surface area contributed by atoms with Crippen molar-refractivity contribution in [3.8, 4) is 0 Å². The highest BCUT2D eigenvalue weighted by Crippen LogP contribution is 2.45. The second kappa shape index (κ2) is 5.29. The van der Waals surface area contributed by atoms with Crippen LogP contribution in [0.4, 0.5) is 35.1 Å². The highest BCUT2D eigenvalue weighted by Gasteiger charge is 2.72. The number of ether oxygens (including phenoxy) is 1. The summed E-state index contributed by atoms with van der Waals surface area (Å²) in [5, 5.41) is -6.21. The zero-order chi connectivity index (χ0) is 15.9. The van der Waals surface area contributed by atoms with Gasteiger partial charge in [0.15, 0.2) is 0 Å². The first-order valence-corrected chi connectivity index (χ1v) is 6.00. The van der Waals surface area contributed by atoms with E-state index in [9.17, 15) is 43.5 Å². The SMILES string of the molecule is CN(Br)S(=O)(=O)C(F)(F)C(F)(F)OC(F)(F)C(F)F. The van der Waals surface area contributed by atoms with Crippen molar-refractivity contribution in [1.29, 1.82) is 0 Å². The van der Waals surface area contributed by atoms with E-state index in [0.717, 1.165) is 0 Å². The van der Waals surface area contributed by atoms with E-state index < -0.39 is 37.3 Å². The Hall–Kier alpha value is -0.210. The molecule has 0 unspecified atom stereocenters. The molecular formula is C5H4BrF8NO3S. The van der Waals surface area contributed by atoms with Crippen LogP contribution in [0.3, 0.4) is 0 Å². The fraction of sp³-hybridized carbons (Fsp3) is 1.00. The van der Waals surface area contributed by atoms with Gasteiger partial charge in [0.05, 0.1) is 0 Å². The number of rotatable bonds is 6. The molecule has 0 aliphatic rings. The van der Waals surface area contributed by atoms with Gasteiger partial charge in [0, 0.05) is 23.2 Å². The molecular weight excluding hydrogens is 386 g/mol. The van der Waals surface area contributed by atoms with Gasteiger partial charge in [-0.25, -0.2) is 21.9 Å². The van der Waals surface area contributed by atoms with Crippen molar-refractivity contribution in [3.63, 3.8) is 0 Å². The Morgan fingerprint density at radius 1 is 1.11 bits per heavy atom. The van der Waals surface area contributed by atoms with Gasteiger partial charge in [-0.1, -0.05) is 0 Å². The number of hydrogen-bond acceptors (Lipinski definition) is 3. The van der Waals surface area contributed by atoms with E-state index in [-0.39, 0.29) is 0 Å². The molecule has 0 spiro atoms. The van der Waals surface area contributed by atoms with E-state index >= 15 is 0 Å². The molecule has 0 radical (unpaired) electrons. The summed E-state index contributed by atoms with van der Waals surface area (Å²) in [6, 6.07) is 0. The van der Waals surface area contributed by atoms with Crippen LogP contribution in [0.15, 0.2) is 0 Å². The van der Waals surface area contributed by atoms with Gasteiger partial charge in [-0.3, -0.25) is 0 Å². The van der Waals surface area contributed by atoms with Crippen LogP contribution in [0.1, 0.15) is 0 Å². The number of halogens is 9. The van der Waals surface area contributed by atoms with E-state index in [1.807, 2.05) is 20.9 Å². The molecule has 0 aromatic heterocycles. The third kappa shape index (κ3) is 3.46. The quantitative estimate of drug-likeness (QED) is 0.518. The van der Waals surface area contributed by atoms with Crippen molar-refractivity contribution in [2.45, 2.75) is 23.9 Å². The summed E-state index contributed by atoms with van der Waals surface area (Å²) in [6.07, 6.45) is -17.2. The van der Waals surface area contributed by atoms with Gasteiger partial charge in [0.1, 0.15) is 0 Å². The molecule has 0 atom stereocenters. The van der Waals surface area contributed by atoms with Crippen LogP contribution in [0.25, 0.3) is 0 Å². The second-order valence-corrected chi connectivity index (χ2v) is 6.44. The van der Waals surface area contributed by atoms with E-state index in [1.54, 1.807) is 0 Å². The average Bonchev–Trinajstić information content (AvgIpc) is 2.14. The van der Waals surface area contributed by atoms with Crippen LogP contribution in [0, 0.1) is 0 Å². The van der Waals surface area contributed by atoms with Crippen LogP contribution >= 0.6 is 16.1 Å². The standard InChI is InChI=1S/C5H4BrF8NO3S/c1-15(6)19(16,17)5(13,14)4(11,12)18-3(9,10)2(7)8/h2H,1H3. The summed E-state index contributed by atoms with van der Waals surface area (Å²) < 4.78 is 122. The van der Waals surface area contributed by atoms with Gasteiger partial charge in [0.2, 0.25) is 0 Å². The Morgan fingerprint density at radius 3 is 1.74 bits per heavy atom. The van der Waals surface area contributed by atoms with Crippen molar-refractivity contribution < 1.29 is 48.3 Å². The summed E-state index contributed by atoms with van der Waals surface area (Å²) >= 11 is 1.87. The molecule has 0 heterocycles. The van der Waals surface area contributed by atoms with E-state index in [1.165, 1.54) is 0 Å². The molecule has 0 bridgehead atoms. The van der Waals surface area contributed by atoms with Gasteiger partial charge in [-0.05, 0) is 0 Å². The third-order valence-corrected chi connectivity index (χ3v) is 4.20. The molecule has 0 N–H and O–H groups in total. The predicted molar refractivity (Wildman–Crippen MR) is 47.5 cm³/mol. The van der Waals surface area contributed by atoms with Crippen LogP contribution in [0.2, 0.25) is 0 Å². The fourth-order valence-corrected chi connectivity index (χ4v) is 1.79. The molecule has 0 rings (SSSR count). The van der Waals surface area contributed by atoms with E-state index in [4.69, 9.17) is 0 Å². The van der Waals surface area contributed by atoms with Crippen LogP contribution in [-0.2, 0) is 14.8 Å². The van der Waals surface area contributed by atoms with E-state index in [2.05, 4.69) is 0 Å². The molecule has 0 aliphatic heterocycles. The number of hydrogen-bond donors (Lipinski definition) is 0. The highest BCUT2D eigenvalue weighted by molar-refractivity contribution is 9.08. The zero-order valence-electron chi connectivity index (χ0n) is 8.56. The lowest BCUT2D eigenvalue weighted by atomic mass is 10.6. The molecule has 0 saturated carbocycles. The minimum absolute atomic E-state index is 0.324. The van der Waals surface area contributed by atoms with Crippen LogP contribution in [-0.4, -0.2) is 42.7 Å². The number of nitrogens with zero attached hydrogens (tertiary/aromatic N) is 1. The first-order valence-electron chi connectivity index (χ1n) is 3.85. The molecule has 14 heteroatoms. The predicted octanol–water partition coefficient (Wildman–Crippen LogP) is 2.62. The molecule has 0 aromatic rings. The second-order valence-electron chi connectivity index (χ2n) is 2.89. The van der Waals surface area contributed by atoms with Gasteiger partial charge in [-0.15, -0.1) is 3.33 Å². The highest BCUT2D eigenvalue weighted by atomic mass is 79.9. The van der Waals surface area contributed by atoms with Crippen molar-refractivity contribution in [2.75, 3.05) is 7.05 Å². The topological polar surface area (TPSA) is 46.6 Å². The smallest absolute Gasteiger partial charge is 0.245 e. The Labute approximate surface area is 109 Å². The maximum Gasteiger partial charge on any atom is 0.449 e. The monoisotopic (exact) mass is 389 g/mol. The molecule has 0 amide bonds. The first-order chi connectivity index (χ1) is 8.09. The summed E-state index contributed by atoms with van der Waals surface area (Å²) in [7, 11) is -5.84. The Bertz CT molecular complexity index is 424. The lowest BCUT2D eigenvalue weighted by molar-refractivity contribution is -0.435. The number of sulfonamides is 1. The fourth-order valence-electron chi connectivity index (χ4n) is 0.583. The van der Waals surface area contributed by atoms with E-state index in [0.29, 0.717) is 7.05 Å². The average molecular weight is 390 g/mol. The number of alkyl halides is 8. The van der Waals surface area contributed by atoms with Gasteiger partial charge in [0.25, 0.3) is 10.0 Å². The lowest BCUT2D eigenvalue weighted by Gasteiger charge is -2.29. The third-order valence-electron chi connectivity index (χ3n) is 1.51. The largest absolute Gasteiger partial charge is 0.449 e. The minimum atomic E-state index is -6.40. The summed E-state index contributed by atoms with van der Waals surface area (Å²) in [5.41, 5.74) is 0. The molecule has 0 aromatic carbocycles. The molecule has 4 nitrogen and oxygen atoms in total. The molecule has 19 heavy (non-hydrogen) atoms. The maximum absolute atomic E-state index is 12.9. The molecule has 0 fully saturated rings. The maximum atomic E-state index is 12.9. The Kier molecular flexibility index (Phi) is 5.23. The van der Waals surface area contributed by atoms with Crippen molar-refractivity contribution in [2.24, 2.45) is 0 Å². The normalized spacial score (nSPS) is 15.4. The van der Waals surface area contributed by atoms with Crippen molar-refractivity contribution in [1.82, 2.24) is 3.33 Å². The lowest BCUT2D eigenvalue weighted by Crippen LogP contribution is -2.55. The van der Waals surface area contributed by atoms with Gasteiger partial charge in [-0.2, -0.15) is 26.3 Å². The zero-order valence-corrected chi connectivity index (χ0v) is 11.0. The van der Waals surface area contributed by atoms with Crippen molar-refractivity contribution in [3.05, 3.63) is 0 Å². The van der Waals surface area contributed by atoms with Crippen LogP contribution < -0.4 is 0 Å². The minimum Gasteiger partial charge on any atom is -0.245 e. The molecule has 0 saturated heterocycles. The van der Waals surface area contributed by atoms with Gasteiger partial charge < -0.3 is 0 Å². The molecule has 0 aliphatic carbocycles.